The van der Waals surface area contributed by atoms with Gasteiger partial charge in [-0.05, 0) is 56.1 Å². The number of hydrogen-bond acceptors (Lipinski definition) is 5. The molecular weight excluding hydrogens is 346 g/mol. The third-order valence-corrected chi connectivity index (χ3v) is 5.23. The molecule has 28 heavy (non-hydrogen) atoms. The van der Waals surface area contributed by atoms with Crippen molar-refractivity contribution in [3.05, 3.63) is 70.3 Å². The SMILES string of the molecule is CNCCCNc1nc(Cc2ccccc2C)nc2c1-c1ncc(C)cc1C2. The molecule has 1 aromatic carbocycles. The van der Waals surface area contributed by atoms with Gasteiger partial charge < -0.3 is 10.6 Å². The molecule has 1 aliphatic carbocycles. The summed E-state index contributed by atoms with van der Waals surface area (Å²) in [7, 11) is 1.98. The average Bonchev–Trinajstić information content (AvgIpc) is 3.04. The van der Waals surface area contributed by atoms with E-state index in [1.54, 1.807) is 0 Å². The van der Waals surface area contributed by atoms with Crippen molar-refractivity contribution in [1.29, 1.82) is 0 Å². The molecule has 144 valence electrons. The summed E-state index contributed by atoms with van der Waals surface area (Å²) in [6.45, 7) is 6.07. The van der Waals surface area contributed by atoms with E-state index in [0.29, 0.717) is 0 Å². The highest BCUT2D eigenvalue weighted by Crippen LogP contribution is 2.38. The van der Waals surface area contributed by atoms with Crippen molar-refractivity contribution in [3.8, 4) is 11.3 Å². The smallest absolute Gasteiger partial charge is 0.139 e. The minimum absolute atomic E-state index is 0.744. The van der Waals surface area contributed by atoms with Gasteiger partial charge in [-0.2, -0.15) is 0 Å². The van der Waals surface area contributed by atoms with Gasteiger partial charge in [0, 0.05) is 25.6 Å². The lowest BCUT2D eigenvalue weighted by Crippen LogP contribution is -2.15. The van der Waals surface area contributed by atoms with E-state index < -0.39 is 0 Å². The molecule has 0 radical (unpaired) electrons. The summed E-state index contributed by atoms with van der Waals surface area (Å²) in [6, 6.07) is 10.7. The maximum atomic E-state index is 4.94. The number of hydrogen-bond donors (Lipinski definition) is 2. The van der Waals surface area contributed by atoms with Gasteiger partial charge in [-0.15, -0.1) is 0 Å². The van der Waals surface area contributed by atoms with Crippen molar-refractivity contribution in [2.24, 2.45) is 0 Å². The van der Waals surface area contributed by atoms with Crippen LogP contribution >= 0.6 is 0 Å². The van der Waals surface area contributed by atoms with E-state index in [-0.39, 0.29) is 0 Å². The molecule has 2 aromatic heterocycles. The first-order valence-electron chi connectivity index (χ1n) is 9.94. The van der Waals surface area contributed by atoms with Gasteiger partial charge in [-0.1, -0.05) is 30.3 Å². The van der Waals surface area contributed by atoms with Crippen molar-refractivity contribution in [2.75, 3.05) is 25.5 Å². The van der Waals surface area contributed by atoms with Gasteiger partial charge in [0.1, 0.15) is 11.6 Å². The molecule has 0 fully saturated rings. The van der Waals surface area contributed by atoms with Gasteiger partial charge in [-0.3, -0.25) is 4.98 Å². The lowest BCUT2D eigenvalue weighted by atomic mass is 10.1. The molecule has 4 rings (SSSR count). The van der Waals surface area contributed by atoms with Gasteiger partial charge in [0.2, 0.25) is 0 Å². The van der Waals surface area contributed by atoms with Crippen LogP contribution in [0, 0.1) is 13.8 Å². The van der Waals surface area contributed by atoms with Crippen LogP contribution in [0.5, 0.6) is 0 Å². The molecule has 5 nitrogen and oxygen atoms in total. The number of aryl methyl sites for hydroxylation is 2. The van der Waals surface area contributed by atoms with Crippen LogP contribution in [0.3, 0.4) is 0 Å². The Morgan fingerprint density at radius 2 is 1.93 bits per heavy atom. The molecule has 5 heteroatoms. The van der Waals surface area contributed by atoms with Crippen molar-refractivity contribution in [1.82, 2.24) is 20.3 Å². The lowest BCUT2D eigenvalue weighted by molar-refractivity contribution is 0.746. The number of fused-ring (bicyclic) bond motifs is 3. The molecule has 1 aliphatic rings. The van der Waals surface area contributed by atoms with Crippen LogP contribution in [0.25, 0.3) is 11.3 Å². The monoisotopic (exact) mass is 373 g/mol. The van der Waals surface area contributed by atoms with Crippen LogP contribution in [0.4, 0.5) is 5.82 Å². The fourth-order valence-corrected chi connectivity index (χ4v) is 3.76. The molecule has 0 bridgehead atoms. The largest absolute Gasteiger partial charge is 0.369 e. The zero-order chi connectivity index (χ0) is 19.5. The first kappa shape index (κ1) is 18.6. The fourth-order valence-electron chi connectivity index (χ4n) is 3.76. The van der Waals surface area contributed by atoms with Gasteiger partial charge in [-0.25, -0.2) is 9.97 Å². The number of benzene rings is 1. The summed E-state index contributed by atoms with van der Waals surface area (Å²) in [4.78, 5) is 14.6. The van der Waals surface area contributed by atoms with Crippen LogP contribution in [-0.4, -0.2) is 35.1 Å². The van der Waals surface area contributed by atoms with Crippen LogP contribution in [0.1, 0.15) is 40.2 Å². The number of nitrogens with zero attached hydrogens (tertiary/aromatic N) is 3. The Morgan fingerprint density at radius 1 is 1.07 bits per heavy atom. The highest BCUT2D eigenvalue weighted by molar-refractivity contribution is 5.81. The quantitative estimate of drug-likeness (QED) is 0.484. The minimum Gasteiger partial charge on any atom is -0.369 e. The molecule has 0 spiro atoms. The highest BCUT2D eigenvalue weighted by atomic mass is 15.0. The predicted molar refractivity (Wildman–Crippen MR) is 114 cm³/mol. The Balaban J connectivity index is 1.70. The summed E-state index contributed by atoms with van der Waals surface area (Å²) in [5.74, 6) is 1.79. The molecule has 0 atom stereocenters. The lowest BCUT2D eigenvalue weighted by Gasteiger charge is -2.13. The number of aromatic nitrogens is 3. The first-order valence-corrected chi connectivity index (χ1v) is 9.94. The summed E-state index contributed by atoms with van der Waals surface area (Å²) in [5.41, 5.74) is 8.16. The molecule has 0 saturated heterocycles. The summed E-state index contributed by atoms with van der Waals surface area (Å²) in [6.07, 6.45) is 4.54. The van der Waals surface area contributed by atoms with E-state index in [1.165, 1.54) is 22.3 Å². The third-order valence-electron chi connectivity index (χ3n) is 5.23. The van der Waals surface area contributed by atoms with Crippen LogP contribution < -0.4 is 10.6 Å². The average molecular weight is 374 g/mol. The Hall–Kier alpha value is -2.79. The Bertz CT molecular complexity index is 996. The molecule has 0 aliphatic heterocycles. The van der Waals surface area contributed by atoms with Crippen LogP contribution in [0.15, 0.2) is 36.5 Å². The van der Waals surface area contributed by atoms with Crippen molar-refractivity contribution in [3.63, 3.8) is 0 Å². The fraction of sp³-hybridized carbons (Fsp3) is 0.348. The standard InChI is InChI=1S/C23H27N5/c1-15-11-18-12-19-21(22(18)26-14-15)23(25-10-6-9-24-3)28-20(27-19)13-17-8-5-4-7-16(17)2/h4-5,7-8,11,14,24H,6,9-10,12-13H2,1-3H3,(H,25,27,28). The third kappa shape index (κ3) is 3.76. The Kier molecular flexibility index (Phi) is 5.35. The number of pyridine rings is 1. The Morgan fingerprint density at radius 3 is 2.75 bits per heavy atom. The minimum atomic E-state index is 0.744. The van der Waals surface area contributed by atoms with E-state index in [1.807, 2.05) is 13.2 Å². The van der Waals surface area contributed by atoms with Crippen molar-refractivity contribution >= 4 is 5.82 Å². The van der Waals surface area contributed by atoms with Gasteiger partial charge in [0.25, 0.3) is 0 Å². The topological polar surface area (TPSA) is 62.7 Å². The van der Waals surface area contributed by atoms with Gasteiger partial charge in [0.05, 0.1) is 17.0 Å². The highest BCUT2D eigenvalue weighted by Gasteiger charge is 2.26. The van der Waals surface area contributed by atoms with E-state index in [4.69, 9.17) is 15.0 Å². The summed E-state index contributed by atoms with van der Waals surface area (Å²) >= 11 is 0. The van der Waals surface area contributed by atoms with Crippen LogP contribution in [-0.2, 0) is 12.8 Å². The molecule has 0 amide bonds. The molecule has 0 saturated carbocycles. The zero-order valence-corrected chi connectivity index (χ0v) is 16.8. The predicted octanol–water partition coefficient (Wildman–Crippen LogP) is 3.67. The van der Waals surface area contributed by atoms with Gasteiger partial charge in [0.15, 0.2) is 0 Å². The molecule has 0 unspecified atom stereocenters. The maximum absolute atomic E-state index is 4.94. The molecule has 3 aromatic rings. The second kappa shape index (κ2) is 8.07. The van der Waals surface area contributed by atoms with Crippen molar-refractivity contribution in [2.45, 2.75) is 33.1 Å². The van der Waals surface area contributed by atoms with E-state index in [0.717, 1.165) is 60.9 Å². The summed E-state index contributed by atoms with van der Waals surface area (Å²) in [5, 5.41) is 6.74. The van der Waals surface area contributed by atoms with Crippen LogP contribution in [0.2, 0.25) is 0 Å². The van der Waals surface area contributed by atoms with E-state index >= 15 is 0 Å². The summed E-state index contributed by atoms with van der Waals surface area (Å²) < 4.78 is 0. The molecule has 2 heterocycles. The normalized spacial score (nSPS) is 12.0. The molecular formula is C23H27N5. The first-order chi connectivity index (χ1) is 13.7. The number of rotatable bonds is 7. The van der Waals surface area contributed by atoms with E-state index in [9.17, 15) is 0 Å². The zero-order valence-electron chi connectivity index (χ0n) is 16.8. The second-order valence-corrected chi connectivity index (χ2v) is 7.49. The number of nitrogens with one attached hydrogen (secondary N) is 2. The second-order valence-electron chi connectivity index (χ2n) is 7.49. The Labute approximate surface area is 166 Å². The van der Waals surface area contributed by atoms with Gasteiger partial charge >= 0.3 is 0 Å². The van der Waals surface area contributed by atoms with Crippen molar-refractivity contribution < 1.29 is 0 Å². The molecule has 2 N–H and O–H groups in total. The maximum Gasteiger partial charge on any atom is 0.139 e. The number of anilines is 1. The van der Waals surface area contributed by atoms with E-state index in [2.05, 4.69) is 54.8 Å².